The van der Waals surface area contributed by atoms with Gasteiger partial charge in [-0.05, 0) is 36.8 Å². The fourth-order valence-electron chi connectivity index (χ4n) is 1.78. The van der Waals surface area contributed by atoms with Crippen LogP contribution in [-0.4, -0.2) is 12.1 Å². The second kappa shape index (κ2) is 5.56. The van der Waals surface area contributed by atoms with Crippen LogP contribution in [-0.2, 0) is 0 Å². The molecule has 0 aliphatic heterocycles. The first-order chi connectivity index (χ1) is 9.10. The summed E-state index contributed by atoms with van der Waals surface area (Å²) in [5, 5.41) is 3.17. The van der Waals surface area contributed by atoms with Gasteiger partial charge in [-0.1, -0.05) is 12.1 Å². The molecule has 1 heterocycles. The van der Waals surface area contributed by atoms with Crippen molar-refractivity contribution >= 4 is 11.5 Å². The number of rotatable bonds is 4. The van der Waals surface area contributed by atoms with Crippen LogP contribution in [0.5, 0.6) is 5.88 Å². The van der Waals surface area contributed by atoms with Crippen LogP contribution >= 0.6 is 0 Å². The molecule has 0 radical (unpaired) electrons. The zero-order valence-electron chi connectivity index (χ0n) is 10.9. The number of nitrogens with one attached hydrogen (secondary N) is 1. The highest BCUT2D eigenvalue weighted by Crippen LogP contribution is 2.23. The Morgan fingerprint density at radius 2 is 2.11 bits per heavy atom. The third kappa shape index (κ3) is 3.13. The molecule has 2 aromatic rings. The van der Waals surface area contributed by atoms with E-state index in [2.05, 4.69) is 10.3 Å². The van der Waals surface area contributed by atoms with Crippen LogP contribution in [0.15, 0.2) is 36.4 Å². The smallest absolute Gasteiger partial charge is 0.238 e. The van der Waals surface area contributed by atoms with Gasteiger partial charge in [0, 0.05) is 0 Å². The average Bonchev–Trinajstić information content (AvgIpc) is 2.41. The van der Waals surface area contributed by atoms with Gasteiger partial charge in [0.2, 0.25) is 5.88 Å². The highest BCUT2D eigenvalue weighted by molar-refractivity contribution is 5.54. The molecule has 4 nitrogen and oxygen atoms in total. The number of halogens is 1. The van der Waals surface area contributed by atoms with E-state index in [4.69, 9.17) is 10.5 Å². The average molecular weight is 261 g/mol. The highest BCUT2D eigenvalue weighted by atomic mass is 19.1. The Morgan fingerprint density at radius 3 is 2.79 bits per heavy atom. The first-order valence-corrected chi connectivity index (χ1v) is 5.92. The summed E-state index contributed by atoms with van der Waals surface area (Å²) < 4.78 is 18.2. The summed E-state index contributed by atoms with van der Waals surface area (Å²) >= 11 is 0. The van der Waals surface area contributed by atoms with Gasteiger partial charge < -0.3 is 15.8 Å². The van der Waals surface area contributed by atoms with E-state index < -0.39 is 0 Å². The molecule has 1 aromatic heterocycles. The lowest BCUT2D eigenvalue weighted by molar-refractivity contribution is 0.400. The van der Waals surface area contributed by atoms with Crippen LogP contribution in [0.3, 0.4) is 0 Å². The number of nitrogens with two attached hydrogens (primary N) is 1. The number of benzene rings is 1. The minimum atomic E-state index is -0.256. The van der Waals surface area contributed by atoms with Crippen molar-refractivity contribution in [3.05, 3.63) is 47.8 Å². The van der Waals surface area contributed by atoms with E-state index in [0.717, 1.165) is 5.56 Å². The maximum absolute atomic E-state index is 13.2. The molecule has 19 heavy (non-hydrogen) atoms. The fourth-order valence-corrected chi connectivity index (χ4v) is 1.78. The van der Waals surface area contributed by atoms with Crippen LogP contribution < -0.4 is 15.8 Å². The fraction of sp³-hybridized carbons (Fsp3) is 0.214. The second-order valence-electron chi connectivity index (χ2n) is 4.22. The summed E-state index contributed by atoms with van der Waals surface area (Å²) in [6.07, 6.45) is 0. The van der Waals surface area contributed by atoms with Crippen molar-refractivity contribution in [1.29, 1.82) is 0 Å². The van der Waals surface area contributed by atoms with Crippen LogP contribution in [0.4, 0.5) is 15.9 Å². The zero-order valence-corrected chi connectivity index (χ0v) is 10.9. The van der Waals surface area contributed by atoms with E-state index in [1.807, 2.05) is 13.0 Å². The Hall–Kier alpha value is -2.30. The van der Waals surface area contributed by atoms with Gasteiger partial charge in [-0.2, -0.15) is 4.98 Å². The lowest BCUT2D eigenvalue weighted by Gasteiger charge is -2.16. The van der Waals surface area contributed by atoms with Crippen LogP contribution in [0.2, 0.25) is 0 Å². The Labute approximate surface area is 111 Å². The predicted octanol–water partition coefficient (Wildman–Crippen LogP) is 2.98. The summed E-state index contributed by atoms with van der Waals surface area (Å²) in [6, 6.07) is 9.85. The number of nitrogen functional groups attached to an aromatic ring is 1. The Kier molecular flexibility index (Phi) is 3.85. The number of pyridine rings is 1. The molecule has 0 amide bonds. The molecule has 0 saturated carbocycles. The highest BCUT2D eigenvalue weighted by Gasteiger charge is 2.08. The van der Waals surface area contributed by atoms with E-state index in [1.54, 1.807) is 18.2 Å². The topological polar surface area (TPSA) is 60.2 Å². The molecule has 0 saturated heterocycles. The van der Waals surface area contributed by atoms with E-state index in [9.17, 15) is 4.39 Å². The quantitative estimate of drug-likeness (QED) is 0.888. The number of hydrogen-bond acceptors (Lipinski definition) is 4. The van der Waals surface area contributed by atoms with E-state index in [1.165, 1.54) is 19.2 Å². The summed E-state index contributed by atoms with van der Waals surface area (Å²) in [4.78, 5) is 4.23. The Morgan fingerprint density at radius 1 is 1.32 bits per heavy atom. The number of hydrogen-bond donors (Lipinski definition) is 2. The van der Waals surface area contributed by atoms with Crippen molar-refractivity contribution in [2.75, 3.05) is 18.2 Å². The molecular formula is C14H16FN3O. The lowest BCUT2D eigenvalue weighted by Crippen LogP contribution is -2.09. The molecule has 5 heteroatoms. The van der Waals surface area contributed by atoms with Crippen molar-refractivity contribution in [1.82, 2.24) is 4.98 Å². The predicted molar refractivity (Wildman–Crippen MR) is 73.6 cm³/mol. The number of anilines is 2. The van der Waals surface area contributed by atoms with Crippen molar-refractivity contribution in [3.63, 3.8) is 0 Å². The van der Waals surface area contributed by atoms with Gasteiger partial charge in [-0.3, -0.25) is 0 Å². The van der Waals surface area contributed by atoms with Gasteiger partial charge in [0.15, 0.2) is 0 Å². The molecule has 0 aliphatic rings. The van der Waals surface area contributed by atoms with Gasteiger partial charge in [0.25, 0.3) is 0 Å². The Balaban J connectivity index is 2.17. The van der Waals surface area contributed by atoms with Crippen molar-refractivity contribution in [3.8, 4) is 5.88 Å². The van der Waals surface area contributed by atoms with E-state index in [0.29, 0.717) is 17.4 Å². The lowest BCUT2D eigenvalue weighted by atomic mass is 10.1. The first-order valence-electron chi connectivity index (χ1n) is 5.92. The molecule has 100 valence electrons. The summed E-state index contributed by atoms with van der Waals surface area (Å²) in [5.74, 6) is 0.744. The number of methoxy groups -OCH3 is 1. The third-order valence-corrected chi connectivity index (χ3v) is 2.80. The van der Waals surface area contributed by atoms with Gasteiger partial charge in [-0.15, -0.1) is 0 Å². The number of ether oxygens (including phenoxy) is 1. The number of nitrogens with zero attached hydrogens (tertiary/aromatic N) is 1. The molecule has 3 N–H and O–H groups in total. The molecule has 0 bridgehead atoms. The summed E-state index contributed by atoms with van der Waals surface area (Å²) in [6.45, 7) is 1.93. The van der Waals surface area contributed by atoms with Crippen molar-refractivity contribution in [2.24, 2.45) is 0 Å². The van der Waals surface area contributed by atoms with Gasteiger partial charge in [-0.25, -0.2) is 4.39 Å². The molecule has 0 spiro atoms. The zero-order chi connectivity index (χ0) is 13.8. The van der Waals surface area contributed by atoms with Crippen LogP contribution in [0.1, 0.15) is 18.5 Å². The first kappa shape index (κ1) is 13.1. The molecular weight excluding hydrogens is 245 g/mol. The van der Waals surface area contributed by atoms with Gasteiger partial charge in [0.1, 0.15) is 11.6 Å². The van der Waals surface area contributed by atoms with Crippen LogP contribution in [0, 0.1) is 5.82 Å². The molecule has 1 unspecified atom stereocenters. The standard InChI is InChI=1S/C14H16FN3O/c1-9(10-4-3-5-11(15)8-10)17-13-7-6-12(16)14(18-13)19-2/h3-9H,16H2,1-2H3,(H,17,18). The van der Waals surface area contributed by atoms with Crippen molar-refractivity contribution in [2.45, 2.75) is 13.0 Å². The van der Waals surface area contributed by atoms with E-state index >= 15 is 0 Å². The monoisotopic (exact) mass is 261 g/mol. The Bertz CT molecular complexity index is 574. The summed E-state index contributed by atoms with van der Waals surface area (Å²) in [5.41, 5.74) is 7.02. The molecule has 0 aliphatic carbocycles. The normalized spacial score (nSPS) is 11.9. The van der Waals surface area contributed by atoms with Crippen LogP contribution in [0.25, 0.3) is 0 Å². The van der Waals surface area contributed by atoms with E-state index in [-0.39, 0.29) is 11.9 Å². The maximum Gasteiger partial charge on any atom is 0.238 e. The number of aromatic nitrogens is 1. The SMILES string of the molecule is COc1nc(NC(C)c2cccc(F)c2)ccc1N. The minimum Gasteiger partial charge on any atom is -0.479 e. The maximum atomic E-state index is 13.2. The second-order valence-corrected chi connectivity index (χ2v) is 4.22. The van der Waals surface area contributed by atoms with Gasteiger partial charge in [0.05, 0.1) is 18.8 Å². The third-order valence-electron chi connectivity index (χ3n) is 2.80. The van der Waals surface area contributed by atoms with Gasteiger partial charge >= 0.3 is 0 Å². The molecule has 2 rings (SSSR count). The summed E-state index contributed by atoms with van der Waals surface area (Å²) in [7, 11) is 1.51. The largest absolute Gasteiger partial charge is 0.479 e. The molecule has 0 fully saturated rings. The minimum absolute atomic E-state index is 0.0727. The molecule has 1 atom stereocenters. The van der Waals surface area contributed by atoms with Crippen molar-refractivity contribution < 1.29 is 9.13 Å². The molecule has 1 aromatic carbocycles.